The highest BCUT2D eigenvalue weighted by Gasteiger charge is 2.43. The van der Waals surface area contributed by atoms with Crippen LogP contribution in [0, 0.1) is 16.7 Å². The van der Waals surface area contributed by atoms with Crippen molar-refractivity contribution in [3.8, 4) is 11.8 Å². The zero-order valence-electron chi connectivity index (χ0n) is 12.4. The van der Waals surface area contributed by atoms with Crippen LogP contribution in [-0.2, 0) is 11.3 Å². The number of halogens is 2. The lowest BCUT2D eigenvalue weighted by Crippen LogP contribution is -2.39. The van der Waals surface area contributed by atoms with Crippen molar-refractivity contribution in [1.82, 2.24) is 4.90 Å². The van der Waals surface area contributed by atoms with Gasteiger partial charge in [-0.25, -0.2) is 0 Å². The van der Waals surface area contributed by atoms with Gasteiger partial charge >= 0.3 is 6.61 Å². The molecule has 0 N–H and O–H groups in total. The molecular formula is C16H18F2N2O2. The predicted molar refractivity (Wildman–Crippen MR) is 76.1 cm³/mol. The molecule has 1 saturated carbocycles. The number of hydrogen-bond acceptors (Lipinski definition) is 3. The Morgan fingerprint density at radius 3 is 2.45 bits per heavy atom. The topological polar surface area (TPSA) is 53.3 Å². The number of hydrogen-bond donors (Lipinski definition) is 0. The van der Waals surface area contributed by atoms with Gasteiger partial charge in [0.05, 0.1) is 6.07 Å². The first kappa shape index (κ1) is 16.2. The number of nitriles is 1. The van der Waals surface area contributed by atoms with Crippen molar-refractivity contribution in [3.05, 3.63) is 29.8 Å². The lowest BCUT2D eigenvalue weighted by atomic mass is 9.86. The third-order valence-electron chi connectivity index (χ3n) is 4.00. The molecule has 0 bridgehead atoms. The molecule has 1 aliphatic carbocycles. The number of carbonyl (C=O) groups excluding carboxylic acids is 1. The summed E-state index contributed by atoms with van der Waals surface area (Å²) < 4.78 is 28.5. The average molecular weight is 308 g/mol. The van der Waals surface area contributed by atoms with Gasteiger partial charge in [0.2, 0.25) is 5.91 Å². The summed E-state index contributed by atoms with van der Waals surface area (Å²) in [7, 11) is 1.66. The lowest BCUT2D eigenvalue weighted by molar-refractivity contribution is -0.138. The number of ether oxygens (including phenoxy) is 1. The Hall–Kier alpha value is -2.16. The Morgan fingerprint density at radius 2 is 1.95 bits per heavy atom. The summed E-state index contributed by atoms with van der Waals surface area (Å²) in [6.45, 7) is -2.52. The van der Waals surface area contributed by atoms with Crippen LogP contribution in [0.25, 0.3) is 0 Å². The maximum absolute atomic E-state index is 12.5. The quantitative estimate of drug-likeness (QED) is 0.838. The molecule has 1 fully saturated rings. The van der Waals surface area contributed by atoms with Crippen LogP contribution in [0.5, 0.6) is 5.75 Å². The van der Waals surface area contributed by atoms with Crippen molar-refractivity contribution in [2.45, 2.75) is 38.8 Å². The number of rotatable bonds is 5. The molecule has 0 aromatic heterocycles. The molecule has 1 aliphatic rings. The number of benzene rings is 1. The van der Waals surface area contributed by atoms with Gasteiger partial charge in [-0.05, 0) is 30.5 Å². The van der Waals surface area contributed by atoms with Crippen LogP contribution < -0.4 is 4.74 Å². The molecule has 0 heterocycles. The summed E-state index contributed by atoms with van der Waals surface area (Å²) in [5.74, 6) is -0.0857. The highest BCUT2D eigenvalue weighted by molar-refractivity contribution is 5.85. The standard InChI is InChI=1S/C16H18F2N2O2/c1-20(14(21)16(11-19)8-2-3-9-16)10-12-4-6-13(7-5-12)22-15(17)18/h4-7,15H,2-3,8-10H2,1H3. The molecule has 4 nitrogen and oxygen atoms in total. The molecule has 0 saturated heterocycles. The smallest absolute Gasteiger partial charge is 0.387 e. The third kappa shape index (κ3) is 3.53. The van der Waals surface area contributed by atoms with Crippen molar-refractivity contribution in [2.24, 2.45) is 5.41 Å². The Balaban J connectivity index is 2.01. The van der Waals surface area contributed by atoms with Gasteiger partial charge in [0.1, 0.15) is 11.2 Å². The van der Waals surface area contributed by atoms with E-state index in [1.807, 2.05) is 0 Å². The highest BCUT2D eigenvalue weighted by atomic mass is 19.3. The molecular weight excluding hydrogens is 290 g/mol. The molecule has 0 radical (unpaired) electrons. The minimum atomic E-state index is -2.85. The molecule has 0 aliphatic heterocycles. The van der Waals surface area contributed by atoms with E-state index < -0.39 is 12.0 Å². The minimum absolute atomic E-state index is 0.0806. The second-order valence-corrected chi connectivity index (χ2v) is 5.58. The van der Waals surface area contributed by atoms with Crippen LogP contribution in [-0.4, -0.2) is 24.5 Å². The van der Waals surface area contributed by atoms with E-state index in [2.05, 4.69) is 10.8 Å². The first-order valence-corrected chi connectivity index (χ1v) is 7.17. The van der Waals surface area contributed by atoms with E-state index in [-0.39, 0.29) is 11.7 Å². The van der Waals surface area contributed by atoms with Gasteiger partial charge in [0.15, 0.2) is 0 Å². The largest absolute Gasteiger partial charge is 0.435 e. The molecule has 1 aromatic rings. The monoisotopic (exact) mass is 308 g/mol. The second kappa shape index (κ2) is 6.73. The Bertz CT molecular complexity index is 561. The Kier molecular flexibility index (Phi) is 4.96. The Labute approximate surface area is 128 Å². The minimum Gasteiger partial charge on any atom is -0.435 e. The van der Waals surface area contributed by atoms with Gasteiger partial charge < -0.3 is 9.64 Å². The van der Waals surface area contributed by atoms with Crippen LogP contribution >= 0.6 is 0 Å². The number of amides is 1. The number of alkyl halides is 2. The summed E-state index contributed by atoms with van der Waals surface area (Å²) >= 11 is 0. The van der Waals surface area contributed by atoms with E-state index in [4.69, 9.17) is 0 Å². The number of carbonyl (C=O) groups is 1. The molecule has 2 rings (SSSR count). The van der Waals surface area contributed by atoms with Crippen LogP contribution in [0.2, 0.25) is 0 Å². The van der Waals surface area contributed by atoms with Gasteiger partial charge in [0.25, 0.3) is 0 Å². The molecule has 1 aromatic carbocycles. The van der Waals surface area contributed by atoms with Crippen molar-refractivity contribution in [1.29, 1.82) is 5.26 Å². The molecule has 1 amide bonds. The zero-order valence-corrected chi connectivity index (χ0v) is 12.4. The summed E-state index contributed by atoms with van der Waals surface area (Å²) in [4.78, 5) is 14.0. The van der Waals surface area contributed by atoms with E-state index in [0.717, 1.165) is 18.4 Å². The Morgan fingerprint density at radius 1 is 1.36 bits per heavy atom. The lowest BCUT2D eigenvalue weighted by Gasteiger charge is -2.26. The summed E-state index contributed by atoms with van der Waals surface area (Å²) in [6.07, 6.45) is 3.00. The SMILES string of the molecule is CN(Cc1ccc(OC(F)F)cc1)C(=O)C1(C#N)CCCC1. The van der Waals surface area contributed by atoms with Crippen LogP contribution in [0.3, 0.4) is 0 Å². The first-order valence-electron chi connectivity index (χ1n) is 7.17. The normalized spacial score (nSPS) is 16.3. The average Bonchev–Trinajstić information content (AvgIpc) is 2.98. The van der Waals surface area contributed by atoms with Crippen molar-refractivity contribution >= 4 is 5.91 Å². The third-order valence-corrected chi connectivity index (χ3v) is 4.00. The van der Waals surface area contributed by atoms with Crippen molar-refractivity contribution < 1.29 is 18.3 Å². The summed E-state index contributed by atoms with van der Waals surface area (Å²) in [5, 5.41) is 9.34. The first-order chi connectivity index (χ1) is 10.5. The van der Waals surface area contributed by atoms with Crippen molar-refractivity contribution in [3.63, 3.8) is 0 Å². The number of nitrogens with zero attached hydrogens (tertiary/aromatic N) is 2. The molecule has 0 atom stereocenters. The summed E-state index contributed by atoms with van der Waals surface area (Å²) in [6, 6.07) is 8.33. The van der Waals surface area contributed by atoms with Gasteiger partial charge in [0, 0.05) is 13.6 Å². The fourth-order valence-corrected chi connectivity index (χ4v) is 2.84. The fourth-order valence-electron chi connectivity index (χ4n) is 2.84. The maximum Gasteiger partial charge on any atom is 0.387 e. The molecule has 22 heavy (non-hydrogen) atoms. The van der Waals surface area contributed by atoms with E-state index in [1.165, 1.54) is 17.0 Å². The van der Waals surface area contributed by atoms with E-state index in [0.29, 0.717) is 19.4 Å². The van der Waals surface area contributed by atoms with Gasteiger partial charge in [-0.15, -0.1) is 0 Å². The van der Waals surface area contributed by atoms with Gasteiger partial charge in [-0.1, -0.05) is 25.0 Å². The fraction of sp³-hybridized carbons (Fsp3) is 0.500. The van der Waals surface area contributed by atoms with Gasteiger partial charge in [-0.3, -0.25) is 4.79 Å². The predicted octanol–water partition coefficient (Wildman–Crippen LogP) is 3.33. The molecule has 0 unspecified atom stereocenters. The van der Waals surface area contributed by atoms with E-state index in [9.17, 15) is 18.8 Å². The zero-order chi connectivity index (χ0) is 16.2. The summed E-state index contributed by atoms with van der Waals surface area (Å²) in [5.41, 5.74) is -0.100. The van der Waals surface area contributed by atoms with E-state index >= 15 is 0 Å². The molecule has 118 valence electrons. The van der Waals surface area contributed by atoms with Crippen LogP contribution in [0.15, 0.2) is 24.3 Å². The van der Waals surface area contributed by atoms with Gasteiger partial charge in [-0.2, -0.15) is 14.0 Å². The molecule has 0 spiro atoms. The highest BCUT2D eigenvalue weighted by Crippen LogP contribution is 2.39. The van der Waals surface area contributed by atoms with Crippen molar-refractivity contribution in [2.75, 3.05) is 7.05 Å². The molecule has 6 heteroatoms. The van der Waals surface area contributed by atoms with Crippen LogP contribution in [0.1, 0.15) is 31.2 Å². The maximum atomic E-state index is 12.5. The van der Waals surface area contributed by atoms with Crippen LogP contribution in [0.4, 0.5) is 8.78 Å². The second-order valence-electron chi connectivity index (χ2n) is 5.58. The van der Waals surface area contributed by atoms with E-state index in [1.54, 1.807) is 19.2 Å².